The van der Waals surface area contributed by atoms with Crippen LogP contribution in [0, 0.1) is 6.92 Å². The predicted molar refractivity (Wildman–Crippen MR) is 175 cm³/mol. The number of nitrogens with zero attached hydrogens (tertiary/aromatic N) is 6. The number of likely N-dealkylation sites (tertiary alicyclic amines) is 1. The monoisotopic (exact) mass is 597 g/mol. The van der Waals surface area contributed by atoms with Crippen molar-refractivity contribution in [1.82, 2.24) is 34.8 Å². The van der Waals surface area contributed by atoms with Crippen LogP contribution in [0.4, 0.5) is 4.79 Å². The van der Waals surface area contributed by atoms with Crippen molar-refractivity contribution < 1.29 is 9.53 Å². The van der Waals surface area contributed by atoms with Crippen LogP contribution in [0.2, 0.25) is 0 Å². The van der Waals surface area contributed by atoms with E-state index in [4.69, 9.17) is 9.72 Å². The molecule has 9 nitrogen and oxygen atoms in total. The highest BCUT2D eigenvalue weighted by atomic mass is 16.6. The topological polar surface area (TPSA) is 97.5 Å². The number of ether oxygens (including phenoxy) is 1. The molecule has 226 valence electrons. The van der Waals surface area contributed by atoms with Gasteiger partial charge in [0.2, 0.25) is 0 Å². The summed E-state index contributed by atoms with van der Waals surface area (Å²) in [6.07, 6.45) is 7.42. The SMILES string of the molecule is Cc1cc2ncc3cc(-c4ccccc4)c(-c4ccc(CN5CCC(OC(=O)NCCc6cccnc6)CC5)cc4)nc3n2n1. The standard InChI is InChI=1S/C36H35N7O2/c1-25-20-33-39-23-30-21-32(28-7-3-2-4-8-28)34(40-35(30)43(33)41-25)29-11-9-27(10-12-29)24-42-18-14-31(15-19-42)45-36(44)38-17-13-26-6-5-16-37-22-26/h2-12,16,20-23,31H,13-15,17-19,24H2,1H3,(H,38,44). The van der Waals surface area contributed by atoms with Crippen molar-refractivity contribution in [3.63, 3.8) is 0 Å². The minimum absolute atomic E-state index is 0.0577. The van der Waals surface area contributed by atoms with Gasteiger partial charge < -0.3 is 10.1 Å². The molecule has 2 aromatic carbocycles. The molecule has 1 saturated heterocycles. The lowest BCUT2D eigenvalue weighted by molar-refractivity contribution is 0.0488. The van der Waals surface area contributed by atoms with Gasteiger partial charge in [-0.3, -0.25) is 9.88 Å². The Morgan fingerprint density at radius 3 is 2.53 bits per heavy atom. The molecule has 0 radical (unpaired) electrons. The van der Waals surface area contributed by atoms with Gasteiger partial charge in [0.05, 0.1) is 11.4 Å². The lowest BCUT2D eigenvalue weighted by Crippen LogP contribution is -2.39. The Labute approximate surface area is 261 Å². The highest BCUT2D eigenvalue weighted by Crippen LogP contribution is 2.33. The largest absolute Gasteiger partial charge is 0.446 e. The lowest BCUT2D eigenvalue weighted by Gasteiger charge is -2.31. The van der Waals surface area contributed by atoms with E-state index >= 15 is 0 Å². The molecule has 0 bridgehead atoms. The molecule has 0 spiro atoms. The van der Waals surface area contributed by atoms with Crippen molar-refractivity contribution in [1.29, 1.82) is 0 Å². The van der Waals surface area contributed by atoms with Crippen LogP contribution in [0.25, 0.3) is 39.1 Å². The van der Waals surface area contributed by atoms with Crippen LogP contribution in [-0.2, 0) is 17.7 Å². The van der Waals surface area contributed by atoms with E-state index < -0.39 is 0 Å². The molecule has 1 aliphatic heterocycles. The van der Waals surface area contributed by atoms with Crippen LogP contribution in [0.1, 0.15) is 29.7 Å². The van der Waals surface area contributed by atoms with Gasteiger partial charge in [0.1, 0.15) is 6.10 Å². The number of pyridine rings is 2. The number of rotatable bonds is 8. The predicted octanol–water partition coefficient (Wildman–Crippen LogP) is 6.25. The number of carbonyl (C=O) groups excluding carboxylic acids is 1. The number of amides is 1. The fraction of sp³-hybridized carbons (Fsp3) is 0.250. The smallest absolute Gasteiger partial charge is 0.407 e. The van der Waals surface area contributed by atoms with E-state index in [2.05, 4.69) is 79.9 Å². The van der Waals surface area contributed by atoms with Crippen molar-refractivity contribution in [2.45, 2.75) is 38.8 Å². The van der Waals surface area contributed by atoms with Gasteiger partial charge in [-0.15, -0.1) is 0 Å². The van der Waals surface area contributed by atoms with Crippen molar-refractivity contribution in [3.05, 3.63) is 114 Å². The summed E-state index contributed by atoms with van der Waals surface area (Å²) < 4.78 is 7.52. The van der Waals surface area contributed by atoms with Gasteiger partial charge in [-0.2, -0.15) is 9.61 Å². The van der Waals surface area contributed by atoms with E-state index in [-0.39, 0.29) is 12.2 Å². The Morgan fingerprint density at radius 1 is 0.933 bits per heavy atom. The van der Waals surface area contributed by atoms with Crippen molar-refractivity contribution in [2.75, 3.05) is 19.6 Å². The Kier molecular flexibility index (Phi) is 8.16. The number of fused-ring (bicyclic) bond motifs is 3. The first-order valence-corrected chi connectivity index (χ1v) is 15.5. The second-order valence-electron chi connectivity index (χ2n) is 11.6. The summed E-state index contributed by atoms with van der Waals surface area (Å²) in [5.41, 5.74) is 8.95. The van der Waals surface area contributed by atoms with E-state index in [0.29, 0.717) is 6.54 Å². The third kappa shape index (κ3) is 6.53. The summed E-state index contributed by atoms with van der Waals surface area (Å²) in [5, 5.41) is 8.47. The van der Waals surface area contributed by atoms with Crippen LogP contribution < -0.4 is 5.32 Å². The fourth-order valence-electron chi connectivity index (χ4n) is 5.97. The minimum Gasteiger partial charge on any atom is -0.446 e. The second kappa shape index (κ2) is 12.8. The Morgan fingerprint density at radius 2 is 1.76 bits per heavy atom. The van der Waals surface area contributed by atoms with E-state index in [1.807, 2.05) is 48.1 Å². The second-order valence-corrected chi connectivity index (χ2v) is 11.6. The van der Waals surface area contributed by atoms with E-state index in [9.17, 15) is 4.79 Å². The summed E-state index contributed by atoms with van der Waals surface area (Å²) >= 11 is 0. The highest BCUT2D eigenvalue weighted by molar-refractivity contribution is 5.90. The van der Waals surface area contributed by atoms with Gasteiger partial charge in [0, 0.05) is 67.3 Å². The van der Waals surface area contributed by atoms with Gasteiger partial charge in [-0.1, -0.05) is 60.7 Å². The molecule has 1 fully saturated rings. The summed E-state index contributed by atoms with van der Waals surface area (Å²) in [6, 6.07) is 27.1. The van der Waals surface area contributed by atoms with Crippen molar-refractivity contribution in [3.8, 4) is 22.4 Å². The van der Waals surface area contributed by atoms with Crippen LogP contribution in [0.15, 0.2) is 97.5 Å². The lowest BCUT2D eigenvalue weighted by atomic mass is 9.97. The zero-order valence-electron chi connectivity index (χ0n) is 25.3. The molecule has 5 heterocycles. The zero-order valence-corrected chi connectivity index (χ0v) is 25.3. The normalized spacial score (nSPS) is 14.2. The number of hydrogen-bond donors (Lipinski definition) is 1. The number of carbonyl (C=O) groups is 1. The fourth-order valence-corrected chi connectivity index (χ4v) is 5.97. The Balaban J connectivity index is 1.01. The Hall–Kier alpha value is -5.15. The minimum atomic E-state index is -0.343. The molecule has 0 atom stereocenters. The van der Waals surface area contributed by atoms with Gasteiger partial charge in [0.25, 0.3) is 0 Å². The molecule has 1 aliphatic rings. The van der Waals surface area contributed by atoms with Crippen LogP contribution in [-0.4, -0.2) is 61.3 Å². The first kappa shape index (κ1) is 28.6. The number of alkyl carbamates (subject to hydrolysis) is 1. The summed E-state index contributed by atoms with van der Waals surface area (Å²) in [5.74, 6) is 0. The van der Waals surface area contributed by atoms with Gasteiger partial charge in [0.15, 0.2) is 11.3 Å². The van der Waals surface area contributed by atoms with E-state index in [0.717, 1.165) is 89.2 Å². The molecule has 0 aliphatic carbocycles. The highest BCUT2D eigenvalue weighted by Gasteiger charge is 2.22. The number of aryl methyl sites for hydroxylation is 1. The van der Waals surface area contributed by atoms with E-state index in [1.165, 1.54) is 5.56 Å². The first-order chi connectivity index (χ1) is 22.1. The summed E-state index contributed by atoms with van der Waals surface area (Å²) in [7, 11) is 0. The maximum Gasteiger partial charge on any atom is 0.407 e. The van der Waals surface area contributed by atoms with Gasteiger partial charge in [-0.05, 0) is 55.0 Å². The summed E-state index contributed by atoms with van der Waals surface area (Å²) in [4.78, 5) is 28.6. The van der Waals surface area contributed by atoms with Crippen LogP contribution >= 0.6 is 0 Å². The van der Waals surface area contributed by atoms with Gasteiger partial charge >= 0.3 is 6.09 Å². The van der Waals surface area contributed by atoms with Crippen LogP contribution in [0.5, 0.6) is 0 Å². The molecule has 0 unspecified atom stereocenters. The number of piperidine rings is 1. The molecule has 4 aromatic heterocycles. The van der Waals surface area contributed by atoms with Crippen molar-refractivity contribution >= 4 is 22.8 Å². The zero-order chi connectivity index (χ0) is 30.6. The molecule has 45 heavy (non-hydrogen) atoms. The molecule has 1 amide bonds. The molecule has 7 rings (SSSR count). The molecule has 6 aromatic rings. The molecule has 9 heteroatoms. The van der Waals surface area contributed by atoms with Crippen LogP contribution in [0.3, 0.4) is 0 Å². The van der Waals surface area contributed by atoms with Gasteiger partial charge in [-0.25, -0.2) is 14.8 Å². The number of benzene rings is 2. The molecule has 0 saturated carbocycles. The maximum atomic E-state index is 12.3. The quantitative estimate of drug-likeness (QED) is 0.222. The molecular formula is C36H35N7O2. The third-order valence-corrected chi connectivity index (χ3v) is 8.31. The number of aromatic nitrogens is 5. The van der Waals surface area contributed by atoms with E-state index in [1.54, 1.807) is 6.20 Å². The average molecular weight is 598 g/mol. The third-order valence-electron chi connectivity index (χ3n) is 8.31. The average Bonchev–Trinajstić information content (AvgIpc) is 3.47. The maximum absolute atomic E-state index is 12.3. The number of nitrogens with one attached hydrogen (secondary N) is 1. The first-order valence-electron chi connectivity index (χ1n) is 15.5. The molecular weight excluding hydrogens is 562 g/mol. The Bertz CT molecular complexity index is 1920. The number of hydrogen-bond acceptors (Lipinski definition) is 7. The van der Waals surface area contributed by atoms with Crippen molar-refractivity contribution in [2.24, 2.45) is 0 Å². The molecule has 1 N–H and O–H groups in total. The summed E-state index contributed by atoms with van der Waals surface area (Å²) in [6.45, 7) is 5.11.